The van der Waals surface area contributed by atoms with Crippen LogP contribution >= 0.6 is 15.8 Å². The van der Waals surface area contributed by atoms with Gasteiger partial charge in [-0.3, -0.25) is 0 Å². The van der Waals surface area contributed by atoms with Gasteiger partial charge in [-0.15, -0.1) is 0 Å². The zero-order chi connectivity index (χ0) is 24.4. The minimum Gasteiger partial charge on any atom is -1.00 e. The van der Waals surface area contributed by atoms with Crippen molar-refractivity contribution in [3.63, 3.8) is 0 Å². The van der Waals surface area contributed by atoms with Crippen molar-refractivity contribution in [1.29, 1.82) is 0 Å². The molecule has 0 aliphatic heterocycles. The molecule has 0 atom stereocenters. The van der Waals surface area contributed by atoms with Gasteiger partial charge in [-0.1, -0.05) is 140 Å². The molecule has 0 fully saturated rings. The summed E-state index contributed by atoms with van der Waals surface area (Å²) in [6.45, 7) is 0. The first-order valence-corrected chi connectivity index (χ1v) is 14.8. The Balaban J connectivity index is -0.000000640. The van der Waals surface area contributed by atoms with E-state index >= 15 is 0 Å². The Hall–Kier alpha value is -0.556. The molecule has 0 aliphatic rings. The zero-order valence-corrected chi connectivity index (χ0v) is 31.6. The van der Waals surface area contributed by atoms with Gasteiger partial charge in [-0.2, -0.15) is 23.5 Å². The van der Waals surface area contributed by atoms with Crippen LogP contribution in [-0.4, -0.2) is 0 Å². The fraction of sp³-hybridized carbons (Fsp3) is 0. The maximum atomic E-state index is 2.23. The molecule has 236 valence electrons. The van der Waals surface area contributed by atoms with E-state index in [2.05, 4.69) is 170 Å². The first kappa shape index (κ1) is 46.9. The summed E-state index contributed by atoms with van der Waals surface area (Å²) < 4.78 is 0. The fourth-order valence-electron chi connectivity index (χ4n) is 4.23. The zero-order valence-electron chi connectivity index (χ0n) is 22.6. The van der Waals surface area contributed by atoms with Crippen LogP contribution in [0.5, 0.6) is 0 Å². The van der Waals surface area contributed by atoms with Gasteiger partial charge in [0, 0.05) is 17.1 Å². The minimum atomic E-state index is -0.409. The van der Waals surface area contributed by atoms with Gasteiger partial charge in [0.15, 0.2) is 0 Å². The molecule has 0 saturated heterocycles. The molecule has 0 bridgehead atoms. The number of hydrogen-bond donors (Lipinski definition) is 0. The van der Waals surface area contributed by atoms with Crippen molar-refractivity contribution in [1.82, 2.24) is 0 Å². The van der Waals surface area contributed by atoms with E-state index in [1.165, 1.54) is 31.8 Å². The molecular weight excluding hydrogens is 881 g/mol. The molecule has 6 aromatic carbocycles. The summed E-state index contributed by atoms with van der Waals surface area (Å²) in [7, 11) is -0.818. The van der Waals surface area contributed by atoms with E-state index in [-0.39, 0.29) is 108 Å². The molecule has 0 nitrogen and oxygen atoms in total. The average molecular weight is 909 g/mol. The van der Waals surface area contributed by atoms with Gasteiger partial charge in [-0.05, 0) is 10.6 Å². The van der Waals surface area contributed by atoms with Crippen molar-refractivity contribution in [3.05, 3.63) is 170 Å². The Morgan fingerprint density at radius 1 is 0.442 bits per heavy atom. The molecule has 0 radical (unpaired) electrons. The predicted molar refractivity (Wildman–Crippen MR) is 161 cm³/mol. The molecule has 0 N–H and O–H groups in total. The van der Waals surface area contributed by atoms with Crippen LogP contribution in [0.2, 0.25) is 0 Å². The van der Waals surface area contributed by atoms with Gasteiger partial charge in [0.05, 0.1) is 0 Å². The van der Waals surface area contributed by atoms with Crippen LogP contribution in [0, 0.1) is 0 Å². The maximum absolute atomic E-state index is 2.23. The van der Waals surface area contributed by atoms with E-state index in [9.17, 15) is 0 Å². The third kappa shape index (κ3) is 13.4. The molecule has 0 aromatic heterocycles. The summed E-state index contributed by atoms with van der Waals surface area (Å²) in [5.41, 5.74) is 0. The number of hydrogen-bond acceptors (Lipinski definition) is 0. The second-order valence-corrected chi connectivity index (χ2v) is 12.7. The first-order chi connectivity index (χ1) is 17.9. The molecule has 9 heteroatoms. The smallest absolute Gasteiger partial charge is 1.00 e. The topological polar surface area (TPSA) is 0 Å². The van der Waals surface area contributed by atoms with Crippen LogP contribution < -0.4 is 81.5 Å². The van der Waals surface area contributed by atoms with E-state index in [4.69, 9.17) is 0 Å². The molecule has 6 rings (SSSR count). The summed E-state index contributed by atoms with van der Waals surface area (Å²) in [5.74, 6) is 0. The quantitative estimate of drug-likeness (QED) is 0.0891. The normalized spacial score (nSPS) is 8.98. The van der Waals surface area contributed by atoms with Crippen LogP contribution in [0.3, 0.4) is 0 Å². The minimum absolute atomic E-state index is 0. The largest absolute Gasteiger partial charge is 2.00 e. The van der Waals surface area contributed by atoms with Crippen molar-refractivity contribution >= 4 is 47.7 Å². The van der Waals surface area contributed by atoms with E-state index in [0.717, 1.165) is 0 Å². The van der Waals surface area contributed by atoms with Crippen molar-refractivity contribution in [2.75, 3.05) is 0 Å². The standard InChI is InChI=1S/2C17H14P.4ClH.Fe.2Pd/c2*1-3-9-15(10-4-1)18(17-13-7-8-14-17)16-11-5-2-6-12-16;;;;;;;/h2*1-14H;4*1H;;;/q-5;-1;;;;;;2*+2/p-4. The van der Waals surface area contributed by atoms with Gasteiger partial charge >= 0.3 is 40.8 Å². The first-order valence-electron chi connectivity index (χ1n) is 12.1. The number of halogens is 4. The van der Waals surface area contributed by atoms with Crippen LogP contribution in [0.1, 0.15) is 0 Å². The van der Waals surface area contributed by atoms with Gasteiger partial charge in [0.2, 0.25) is 0 Å². The Morgan fingerprint density at radius 2 is 0.791 bits per heavy atom. The Bertz CT molecular complexity index is 1240. The van der Waals surface area contributed by atoms with Gasteiger partial charge in [-0.25, -0.2) is 14.0 Å². The summed E-state index contributed by atoms with van der Waals surface area (Å²) in [5, 5.41) is 8.47. The Labute approximate surface area is 321 Å². The monoisotopic (exact) mass is 906 g/mol. The van der Waals surface area contributed by atoms with Crippen molar-refractivity contribution < 1.29 is 108 Å². The Morgan fingerprint density at radius 3 is 1.12 bits per heavy atom. The molecule has 0 spiro atoms. The second-order valence-electron chi connectivity index (χ2n) is 8.30. The summed E-state index contributed by atoms with van der Waals surface area (Å²) in [4.78, 5) is 0. The maximum Gasteiger partial charge on any atom is 2.00 e. The summed E-state index contributed by atoms with van der Waals surface area (Å²) in [6.07, 6.45) is 0. The third-order valence-electron chi connectivity index (χ3n) is 5.86. The molecule has 0 saturated carbocycles. The summed E-state index contributed by atoms with van der Waals surface area (Å²) >= 11 is 0. The van der Waals surface area contributed by atoms with Crippen molar-refractivity contribution in [3.8, 4) is 0 Å². The van der Waals surface area contributed by atoms with Crippen LogP contribution in [0.15, 0.2) is 170 Å². The predicted octanol–water partition coefficient (Wildman–Crippen LogP) is -5.66. The fourth-order valence-corrected chi connectivity index (χ4v) is 8.84. The molecule has 0 unspecified atom stereocenters. The van der Waals surface area contributed by atoms with Crippen molar-refractivity contribution in [2.45, 2.75) is 0 Å². The number of rotatable bonds is 6. The van der Waals surface area contributed by atoms with Crippen LogP contribution in [-0.2, 0) is 57.9 Å². The van der Waals surface area contributed by atoms with Gasteiger partial charge in [0.1, 0.15) is 0 Å². The molecule has 0 aliphatic carbocycles. The van der Waals surface area contributed by atoms with Crippen LogP contribution in [0.4, 0.5) is 0 Å². The molecule has 43 heavy (non-hydrogen) atoms. The van der Waals surface area contributed by atoms with Gasteiger partial charge in [0.25, 0.3) is 0 Å². The van der Waals surface area contributed by atoms with E-state index in [1.54, 1.807) is 0 Å². The SMILES string of the molecule is [Cl-].[Cl-].[Cl-].[Cl-].[Fe].[Pd+2].[Pd+2].c1ccc(P(c2ccccc2)[c-]2[cH-][cH-][cH-][cH-]2)cc1.c1ccc(P(c2ccccc2)c2cc[cH-]c2)cc1. The van der Waals surface area contributed by atoms with Crippen molar-refractivity contribution in [2.24, 2.45) is 0 Å². The van der Waals surface area contributed by atoms with Gasteiger partial charge < -0.3 is 79.2 Å². The summed E-state index contributed by atoms with van der Waals surface area (Å²) in [6, 6.07) is 60.5. The average Bonchev–Trinajstić information content (AvgIpc) is 3.68. The third-order valence-corrected chi connectivity index (χ3v) is 10.8. The van der Waals surface area contributed by atoms with Crippen LogP contribution in [0.25, 0.3) is 0 Å². The molecule has 6 aromatic rings. The molecule has 0 heterocycles. The number of benzene rings is 4. The molecule has 0 amide bonds. The molecular formula is C34H28Cl4FeP2Pd2-6. The van der Waals surface area contributed by atoms with E-state index in [0.29, 0.717) is 0 Å². The van der Waals surface area contributed by atoms with E-state index < -0.39 is 15.8 Å². The second kappa shape index (κ2) is 25.6. The Kier molecular flexibility index (Phi) is 27.9. The van der Waals surface area contributed by atoms with E-state index in [1.807, 2.05) is 0 Å².